The lowest BCUT2D eigenvalue weighted by molar-refractivity contribution is -0.140. The quantitative estimate of drug-likeness (QED) is 0.610. The van der Waals surface area contributed by atoms with E-state index in [4.69, 9.17) is 16.3 Å². The van der Waals surface area contributed by atoms with E-state index in [-0.39, 0.29) is 11.2 Å². The molecule has 86 valence electrons. The van der Waals surface area contributed by atoms with Crippen molar-refractivity contribution in [3.8, 4) is 0 Å². The summed E-state index contributed by atoms with van der Waals surface area (Å²) in [4.78, 5) is 12.6. The highest BCUT2D eigenvalue weighted by Gasteiger charge is 2.37. The SMILES string of the molecule is COC(=O)C(Sc1cccc(Cl)c1)C1CC1. The molecule has 1 aromatic carbocycles. The van der Waals surface area contributed by atoms with Crippen molar-refractivity contribution in [3.05, 3.63) is 29.3 Å². The van der Waals surface area contributed by atoms with E-state index < -0.39 is 0 Å². The van der Waals surface area contributed by atoms with Crippen molar-refractivity contribution in [3.63, 3.8) is 0 Å². The van der Waals surface area contributed by atoms with Crippen molar-refractivity contribution in [1.82, 2.24) is 0 Å². The Morgan fingerprint density at radius 1 is 1.56 bits per heavy atom. The summed E-state index contributed by atoms with van der Waals surface area (Å²) in [5.41, 5.74) is 0. The third-order valence-corrected chi connectivity index (χ3v) is 4.14. The summed E-state index contributed by atoms with van der Waals surface area (Å²) in [7, 11) is 1.44. The molecule has 16 heavy (non-hydrogen) atoms. The van der Waals surface area contributed by atoms with E-state index in [9.17, 15) is 4.79 Å². The number of thioether (sulfide) groups is 1. The van der Waals surface area contributed by atoms with Crippen molar-refractivity contribution < 1.29 is 9.53 Å². The summed E-state index contributed by atoms with van der Waals surface area (Å²) in [6.07, 6.45) is 2.24. The maximum atomic E-state index is 11.6. The predicted molar refractivity (Wildman–Crippen MR) is 65.8 cm³/mol. The summed E-state index contributed by atoms with van der Waals surface area (Å²) < 4.78 is 4.82. The molecule has 0 bridgehead atoms. The molecule has 0 spiro atoms. The summed E-state index contributed by atoms with van der Waals surface area (Å²) in [5.74, 6) is 0.337. The number of benzene rings is 1. The van der Waals surface area contributed by atoms with Gasteiger partial charge in [0.1, 0.15) is 5.25 Å². The number of hydrogen-bond acceptors (Lipinski definition) is 3. The largest absolute Gasteiger partial charge is 0.468 e. The Hall–Kier alpha value is -0.670. The van der Waals surface area contributed by atoms with Gasteiger partial charge in [-0.05, 0) is 37.0 Å². The van der Waals surface area contributed by atoms with Crippen LogP contribution < -0.4 is 0 Å². The molecule has 0 aromatic heterocycles. The second-order valence-corrected chi connectivity index (χ2v) is 5.51. The number of halogens is 1. The molecule has 1 saturated carbocycles. The topological polar surface area (TPSA) is 26.3 Å². The zero-order valence-electron chi connectivity index (χ0n) is 8.98. The lowest BCUT2D eigenvalue weighted by atomic mass is 10.3. The predicted octanol–water partition coefficient (Wildman–Crippen LogP) is 3.38. The van der Waals surface area contributed by atoms with Gasteiger partial charge < -0.3 is 4.74 Å². The first-order chi connectivity index (χ1) is 7.70. The van der Waals surface area contributed by atoms with E-state index in [0.717, 1.165) is 17.7 Å². The molecule has 0 saturated heterocycles. The zero-order valence-corrected chi connectivity index (χ0v) is 10.6. The molecule has 1 aliphatic rings. The Kier molecular flexibility index (Phi) is 3.77. The molecule has 0 heterocycles. The first kappa shape index (κ1) is 11.8. The molecule has 2 rings (SSSR count). The Morgan fingerprint density at radius 2 is 2.31 bits per heavy atom. The molecule has 0 N–H and O–H groups in total. The van der Waals surface area contributed by atoms with Crippen LogP contribution in [0.4, 0.5) is 0 Å². The molecule has 4 heteroatoms. The van der Waals surface area contributed by atoms with Crippen molar-refractivity contribution >= 4 is 29.3 Å². The Balaban J connectivity index is 2.08. The molecule has 1 aliphatic carbocycles. The van der Waals surface area contributed by atoms with Gasteiger partial charge in [0.15, 0.2) is 0 Å². The van der Waals surface area contributed by atoms with Crippen LogP contribution in [0.2, 0.25) is 5.02 Å². The van der Waals surface area contributed by atoms with Crippen LogP contribution in [-0.2, 0) is 9.53 Å². The second kappa shape index (κ2) is 5.11. The van der Waals surface area contributed by atoms with Gasteiger partial charge in [0.2, 0.25) is 0 Å². The van der Waals surface area contributed by atoms with Gasteiger partial charge in [-0.2, -0.15) is 0 Å². The minimum Gasteiger partial charge on any atom is -0.468 e. The second-order valence-electron chi connectivity index (χ2n) is 3.86. The maximum absolute atomic E-state index is 11.6. The lowest BCUT2D eigenvalue weighted by Crippen LogP contribution is -2.20. The van der Waals surface area contributed by atoms with Crippen LogP contribution in [0.3, 0.4) is 0 Å². The van der Waals surface area contributed by atoms with Gasteiger partial charge in [-0.15, -0.1) is 11.8 Å². The monoisotopic (exact) mass is 256 g/mol. The first-order valence-electron chi connectivity index (χ1n) is 5.21. The van der Waals surface area contributed by atoms with E-state index >= 15 is 0 Å². The lowest BCUT2D eigenvalue weighted by Gasteiger charge is -2.13. The highest BCUT2D eigenvalue weighted by Crippen LogP contribution is 2.42. The van der Waals surface area contributed by atoms with E-state index in [1.165, 1.54) is 7.11 Å². The number of rotatable bonds is 4. The van der Waals surface area contributed by atoms with E-state index in [1.54, 1.807) is 11.8 Å². The number of methoxy groups -OCH3 is 1. The zero-order chi connectivity index (χ0) is 11.5. The average Bonchev–Trinajstić information content (AvgIpc) is 3.09. The van der Waals surface area contributed by atoms with Crippen molar-refractivity contribution in [2.75, 3.05) is 7.11 Å². The van der Waals surface area contributed by atoms with Gasteiger partial charge in [0, 0.05) is 9.92 Å². The van der Waals surface area contributed by atoms with Crippen LogP contribution in [0, 0.1) is 5.92 Å². The number of hydrogen-bond donors (Lipinski definition) is 0. The van der Waals surface area contributed by atoms with Gasteiger partial charge in [-0.3, -0.25) is 4.79 Å². The number of ether oxygens (including phenoxy) is 1. The van der Waals surface area contributed by atoms with E-state index in [1.807, 2.05) is 24.3 Å². The summed E-state index contributed by atoms with van der Waals surface area (Å²) in [5, 5.41) is 0.618. The summed E-state index contributed by atoms with van der Waals surface area (Å²) in [6.45, 7) is 0. The van der Waals surface area contributed by atoms with Crippen LogP contribution in [-0.4, -0.2) is 18.3 Å². The summed E-state index contributed by atoms with van der Waals surface area (Å²) in [6, 6.07) is 7.57. The van der Waals surface area contributed by atoms with Gasteiger partial charge in [-0.25, -0.2) is 0 Å². The van der Waals surface area contributed by atoms with Gasteiger partial charge in [0.05, 0.1) is 7.11 Å². The van der Waals surface area contributed by atoms with Crippen molar-refractivity contribution in [2.45, 2.75) is 23.0 Å². The Bertz CT molecular complexity index is 390. The average molecular weight is 257 g/mol. The maximum Gasteiger partial charge on any atom is 0.319 e. The minimum absolute atomic E-state index is 0.0801. The molecule has 1 fully saturated rings. The fraction of sp³-hybridized carbons (Fsp3) is 0.417. The normalized spacial score (nSPS) is 16.9. The highest BCUT2D eigenvalue weighted by atomic mass is 35.5. The van der Waals surface area contributed by atoms with E-state index in [0.29, 0.717) is 10.9 Å². The van der Waals surface area contributed by atoms with Gasteiger partial charge >= 0.3 is 5.97 Å². The number of esters is 1. The number of carbonyl (C=O) groups is 1. The fourth-order valence-corrected chi connectivity index (χ4v) is 3.10. The van der Waals surface area contributed by atoms with Gasteiger partial charge in [0.25, 0.3) is 0 Å². The third kappa shape index (κ3) is 2.92. The Labute approximate surface area is 104 Å². The molecule has 1 atom stereocenters. The highest BCUT2D eigenvalue weighted by molar-refractivity contribution is 8.00. The molecule has 0 radical (unpaired) electrons. The fourth-order valence-electron chi connectivity index (χ4n) is 1.54. The third-order valence-electron chi connectivity index (χ3n) is 2.54. The Morgan fingerprint density at radius 3 is 2.88 bits per heavy atom. The van der Waals surface area contributed by atoms with Crippen LogP contribution in [0.1, 0.15) is 12.8 Å². The van der Waals surface area contributed by atoms with Crippen LogP contribution in [0.5, 0.6) is 0 Å². The van der Waals surface area contributed by atoms with Gasteiger partial charge in [-0.1, -0.05) is 17.7 Å². The molecule has 0 aliphatic heterocycles. The van der Waals surface area contributed by atoms with Crippen LogP contribution in [0.15, 0.2) is 29.2 Å². The standard InChI is InChI=1S/C12H13ClO2S/c1-15-12(14)11(8-5-6-8)16-10-4-2-3-9(13)7-10/h2-4,7-8,11H,5-6H2,1H3. The molecule has 0 amide bonds. The molecule has 1 aromatic rings. The smallest absolute Gasteiger partial charge is 0.319 e. The first-order valence-corrected chi connectivity index (χ1v) is 6.46. The van der Waals surface area contributed by atoms with Crippen molar-refractivity contribution in [2.24, 2.45) is 5.92 Å². The van der Waals surface area contributed by atoms with Crippen LogP contribution in [0.25, 0.3) is 0 Å². The minimum atomic E-state index is -0.132. The molecule has 1 unspecified atom stereocenters. The van der Waals surface area contributed by atoms with E-state index in [2.05, 4.69) is 0 Å². The van der Waals surface area contributed by atoms with Crippen LogP contribution >= 0.6 is 23.4 Å². The molecular weight excluding hydrogens is 244 g/mol. The molecular formula is C12H13ClO2S. The van der Waals surface area contributed by atoms with Crippen molar-refractivity contribution in [1.29, 1.82) is 0 Å². The number of carbonyl (C=O) groups excluding carboxylic acids is 1. The summed E-state index contributed by atoms with van der Waals surface area (Å²) >= 11 is 7.45. The molecule has 2 nitrogen and oxygen atoms in total.